The second-order valence-corrected chi connectivity index (χ2v) is 18.4. The largest absolute Gasteiger partial charge is 0.135 e. The zero-order valence-electron chi connectivity index (χ0n) is 34.0. The molecule has 0 unspecified atom stereocenters. The molecule has 14 aromatic carbocycles. The first-order valence-corrected chi connectivity index (χ1v) is 22.7. The molecule has 0 aliphatic heterocycles. The van der Waals surface area contributed by atoms with Gasteiger partial charge in [-0.2, -0.15) is 0 Å². The van der Waals surface area contributed by atoms with E-state index in [2.05, 4.69) is 206 Å². The van der Waals surface area contributed by atoms with Crippen molar-refractivity contribution in [3.8, 4) is 33.4 Å². The Morgan fingerprint density at radius 1 is 0.238 bits per heavy atom. The highest BCUT2D eigenvalue weighted by atomic mass is 32.1. The Hall–Kier alpha value is -7.84. The van der Waals surface area contributed by atoms with E-state index in [0.717, 1.165) is 0 Å². The number of hydrogen-bond acceptors (Lipinski definition) is 1. The minimum absolute atomic E-state index is 1.24. The molecular formula is C62H34S. The fraction of sp³-hybridized carbons (Fsp3) is 0. The molecular weight excluding hydrogens is 777 g/mol. The van der Waals surface area contributed by atoms with Gasteiger partial charge in [-0.25, -0.2) is 0 Å². The first kappa shape index (κ1) is 33.8. The van der Waals surface area contributed by atoms with Gasteiger partial charge >= 0.3 is 0 Å². The summed E-state index contributed by atoms with van der Waals surface area (Å²) in [6, 6.07) is 77.9. The van der Waals surface area contributed by atoms with Gasteiger partial charge in [0.05, 0.1) is 0 Å². The third kappa shape index (κ3) is 4.44. The predicted octanol–water partition coefficient (Wildman–Crippen LogP) is 18.3. The average Bonchev–Trinajstić information content (AvgIpc) is 4.00. The molecule has 0 bridgehead atoms. The summed E-state index contributed by atoms with van der Waals surface area (Å²) in [5.74, 6) is 0. The number of thiophene rings is 1. The van der Waals surface area contributed by atoms with E-state index in [1.54, 1.807) is 0 Å². The Morgan fingerprint density at radius 3 is 1.60 bits per heavy atom. The lowest BCUT2D eigenvalue weighted by Gasteiger charge is -2.19. The lowest BCUT2D eigenvalue weighted by atomic mass is 9.84. The summed E-state index contributed by atoms with van der Waals surface area (Å²) in [6.45, 7) is 0. The summed E-state index contributed by atoms with van der Waals surface area (Å²) < 4.78 is 2.69. The van der Waals surface area contributed by atoms with Crippen molar-refractivity contribution in [2.75, 3.05) is 0 Å². The maximum Gasteiger partial charge on any atom is 0.0433 e. The fourth-order valence-corrected chi connectivity index (χ4v) is 13.0. The zero-order valence-corrected chi connectivity index (χ0v) is 34.9. The van der Waals surface area contributed by atoms with Crippen molar-refractivity contribution in [1.82, 2.24) is 0 Å². The molecule has 0 amide bonds. The molecule has 0 nitrogen and oxygen atoms in total. The van der Waals surface area contributed by atoms with Crippen LogP contribution >= 0.6 is 11.3 Å². The second-order valence-electron chi connectivity index (χ2n) is 17.4. The zero-order chi connectivity index (χ0) is 40.9. The Morgan fingerprint density at radius 2 is 0.810 bits per heavy atom. The van der Waals surface area contributed by atoms with E-state index >= 15 is 0 Å². The molecule has 1 aromatic heterocycles. The minimum atomic E-state index is 1.24. The van der Waals surface area contributed by atoms with Crippen molar-refractivity contribution in [2.24, 2.45) is 0 Å². The maximum absolute atomic E-state index is 2.54. The highest BCUT2D eigenvalue weighted by molar-refractivity contribution is 7.26. The smallest absolute Gasteiger partial charge is 0.0433 e. The number of benzene rings is 12. The molecule has 288 valence electrons. The second kappa shape index (κ2) is 12.4. The van der Waals surface area contributed by atoms with E-state index in [1.165, 1.54) is 151 Å². The van der Waals surface area contributed by atoms with Crippen molar-refractivity contribution in [3.63, 3.8) is 0 Å². The summed E-state index contributed by atoms with van der Waals surface area (Å²) >= 11 is 1.90. The van der Waals surface area contributed by atoms with Gasteiger partial charge in [0.15, 0.2) is 0 Å². The Kier molecular flexibility index (Phi) is 6.65. The lowest BCUT2D eigenvalue weighted by Crippen LogP contribution is -1.91. The van der Waals surface area contributed by atoms with E-state index in [-0.39, 0.29) is 0 Å². The van der Waals surface area contributed by atoms with E-state index in [0.29, 0.717) is 0 Å². The van der Waals surface area contributed by atoms with Crippen LogP contribution in [0.25, 0.3) is 151 Å². The first-order valence-electron chi connectivity index (χ1n) is 21.9. The Labute approximate surface area is 366 Å². The van der Waals surface area contributed by atoms with Gasteiger partial charge in [-0.05, 0) is 155 Å². The summed E-state index contributed by atoms with van der Waals surface area (Å²) in [6.07, 6.45) is 0. The van der Waals surface area contributed by atoms with Crippen molar-refractivity contribution in [1.29, 1.82) is 0 Å². The van der Waals surface area contributed by atoms with Gasteiger partial charge in [-0.15, -0.1) is 11.3 Å². The van der Waals surface area contributed by atoms with Crippen LogP contribution in [0.3, 0.4) is 0 Å². The molecule has 0 saturated heterocycles. The number of rotatable bonds is 3. The van der Waals surface area contributed by atoms with E-state index in [9.17, 15) is 0 Å². The molecule has 0 aliphatic carbocycles. The molecule has 0 saturated carbocycles. The van der Waals surface area contributed by atoms with Gasteiger partial charge in [-0.3, -0.25) is 0 Å². The fourth-order valence-electron chi connectivity index (χ4n) is 11.8. The first-order chi connectivity index (χ1) is 31.3. The summed E-state index contributed by atoms with van der Waals surface area (Å²) in [5, 5.41) is 26.4. The van der Waals surface area contributed by atoms with Crippen LogP contribution in [0.15, 0.2) is 206 Å². The molecule has 15 aromatic rings. The van der Waals surface area contributed by atoms with Crippen LogP contribution in [-0.4, -0.2) is 0 Å². The van der Waals surface area contributed by atoms with Gasteiger partial charge in [-0.1, -0.05) is 182 Å². The van der Waals surface area contributed by atoms with Crippen molar-refractivity contribution >= 4 is 128 Å². The lowest BCUT2D eigenvalue weighted by molar-refractivity contribution is 1.68. The van der Waals surface area contributed by atoms with Gasteiger partial charge in [0.25, 0.3) is 0 Å². The molecule has 1 heterocycles. The molecule has 0 N–H and O–H groups in total. The van der Waals surface area contributed by atoms with Crippen LogP contribution in [-0.2, 0) is 0 Å². The summed E-state index contributed by atoms with van der Waals surface area (Å²) in [4.78, 5) is 0. The molecule has 0 atom stereocenters. The Bertz CT molecular complexity index is 4400. The molecule has 0 fully saturated rings. The van der Waals surface area contributed by atoms with E-state index in [4.69, 9.17) is 0 Å². The van der Waals surface area contributed by atoms with Crippen LogP contribution in [0, 0.1) is 0 Å². The van der Waals surface area contributed by atoms with Gasteiger partial charge in [0, 0.05) is 20.2 Å². The van der Waals surface area contributed by atoms with Crippen molar-refractivity contribution < 1.29 is 0 Å². The highest BCUT2D eigenvalue weighted by Gasteiger charge is 2.27. The van der Waals surface area contributed by atoms with E-state index < -0.39 is 0 Å². The molecule has 0 aliphatic rings. The number of fused-ring (bicyclic) bond motifs is 15. The van der Waals surface area contributed by atoms with Crippen molar-refractivity contribution in [3.05, 3.63) is 206 Å². The molecule has 1 heteroatoms. The van der Waals surface area contributed by atoms with Crippen LogP contribution in [0.2, 0.25) is 0 Å². The summed E-state index contributed by atoms with van der Waals surface area (Å²) in [7, 11) is 0. The normalized spacial score (nSPS) is 12.4. The van der Waals surface area contributed by atoms with Crippen LogP contribution in [0.5, 0.6) is 0 Å². The SMILES string of the molecule is c1ccc(-c2c3cc4c5ccccc5c5cccc(c3c(-c3ccccc3)c3c6cccc7c8c(ccc9cc(-c%10cccc%11c%10sc%10ccccc%10%11)ccc98)cc(c23)c67)c54)cc1. The minimum Gasteiger partial charge on any atom is -0.135 e. The highest BCUT2D eigenvalue weighted by Crippen LogP contribution is 2.55. The van der Waals surface area contributed by atoms with Gasteiger partial charge in [0.1, 0.15) is 0 Å². The van der Waals surface area contributed by atoms with Crippen molar-refractivity contribution in [2.45, 2.75) is 0 Å². The van der Waals surface area contributed by atoms with Gasteiger partial charge < -0.3 is 0 Å². The van der Waals surface area contributed by atoms with Crippen LogP contribution in [0.4, 0.5) is 0 Å². The quantitative estimate of drug-likeness (QED) is 0.156. The summed E-state index contributed by atoms with van der Waals surface area (Å²) in [5.41, 5.74) is 7.67. The van der Waals surface area contributed by atoms with E-state index in [1.807, 2.05) is 11.3 Å². The van der Waals surface area contributed by atoms with Gasteiger partial charge in [0.2, 0.25) is 0 Å². The maximum atomic E-state index is 2.54. The van der Waals surface area contributed by atoms with Crippen LogP contribution < -0.4 is 0 Å². The molecule has 0 spiro atoms. The van der Waals surface area contributed by atoms with Crippen LogP contribution in [0.1, 0.15) is 0 Å². The Balaban J connectivity index is 1.11. The molecule has 63 heavy (non-hydrogen) atoms. The molecule has 0 radical (unpaired) electrons. The standard InChI is InChI=1S/C62H34S/c1-3-14-35(15-4-1)55-52-34-50-43-19-8-7-18-42(43)45-22-12-25-48(57(45)50)59(52)56(36-16-5-2-6-17-36)60-49-26-13-24-47-54-39(33-51(58(47)49)61(55)60)29-28-37-32-38(30-31-40(37)54)41-21-11-23-46-44-20-9-10-27-53(44)63-62(41)46/h1-34H. The number of hydrogen-bond donors (Lipinski definition) is 0. The average molecular weight is 811 g/mol. The predicted molar refractivity (Wildman–Crippen MR) is 276 cm³/mol. The topological polar surface area (TPSA) is 0 Å². The molecule has 15 rings (SSSR count). The third-order valence-corrected chi connectivity index (χ3v) is 15.5. The monoisotopic (exact) mass is 810 g/mol. The third-order valence-electron chi connectivity index (χ3n) is 14.3.